The Morgan fingerprint density at radius 2 is 1.40 bits per heavy atom. The van der Waals surface area contributed by atoms with Crippen LogP contribution in [0.4, 0.5) is 30.2 Å². The van der Waals surface area contributed by atoms with Crippen molar-refractivity contribution in [1.29, 1.82) is 0 Å². The van der Waals surface area contributed by atoms with E-state index in [0.717, 1.165) is 5.69 Å². The standard InChI is InChI=1S/C14H12F3N3/c1-20(2)11-5-3-10(4-6-11)18-19-14-12(16)7-9(15)8-13(14)17/h3-8H,1-2H3. The van der Waals surface area contributed by atoms with E-state index in [4.69, 9.17) is 0 Å². The van der Waals surface area contributed by atoms with Gasteiger partial charge in [-0.05, 0) is 24.3 Å². The zero-order chi connectivity index (χ0) is 14.7. The smallest absolute Gasteiger partial charge is 0.157 e. The van der Waals surface area contributed by atoms with Gasteiger partial charge in [0.05, 0.1) is 5.69 Å². The van der Waals surface area contributed by atoms with Crippen LogP contribution in [0.5, 0.6) is 0 Å². The summed E-state index contributed by atoms with van der Waals surface area (Å²) < 4.78 is 39.4. The van der Waals surface area contributed by atoms with Crippen molar-refractivity contribution in [2.75, 3.05) is 19.0 Å². The molecule has 0 aliphatic carbocycles. The molecular formula is C14H12F3N3. The van der Waals surface area contributed by atoms with E-state index in [-0.39, 0.29) is 0 Å². The van der Waals surface area contributed by atoms with Crippen LogP contribution >= 0.6 is 0 Å². The number of hydrogen-bond donors (Lipinski definition) is 0. The fraction of sp³-hybridized carbons (Fsp3) is 0.143. The highest BCUT2D eigenvalue weighted by atomic mass is 19.1. The minimum absolute atomic E-state index is 0.443. The Morgan fingerprint density at radius 3 is 1.90 bits per heavy atom. The number of halogens is 3. The van der Waals surface area contributed by atoms with Gasteiger partial charge in [-0.3, -0.25) is 0 Å². The van der Waals surface area contributed by atoms with Crippen LogP contribution in [-0.2, 0) is 0 Å². The van der Waals surface area contributed by atoms with Gasteiger partial charge in [0.1, 0.15) is 5.82 Å². The highest BCUT2D eigenvalue weighted by molar-refractivity contribution is 5.52. The van der Waals surface area contributed by atoms with Crippen molar-refractivity contribution in [3.63, 3.8) is 0 Å². The van der Waals surface area contributed by atoms with Gasteiger partial charge in [0.15, 0.2) is 17.3 Å². The SMILES string of the molecule is CN(C)c1ccc(N=Nc2c(F)cc(F)cc2F)cc1. The van der Waals surface area contributed by atoms with Crippen LogP contribution in [0.1, 0.15) is 0 Å². The molecule has 0 saturated heterocycles. The van der Waals surface area contributed by atoms with Crippen molar-refractivity contribution in [3.05, 3.63) is 53.8 Å². The molecule has 0 atom stereocenters. The number of anilines is 1. The van der Waals surface area contributed by atoms with Gasteiger partial charge < -0.3 is 4.90 Å². The molecule has 2 rings (SSSR count). The first-order valence-corrected chi connectivity index (χ1v) is 5.81. The summed E-state index contributed by atoms with van der Waals surface area (Å²) >= 11 is 0. The molecule has 0 radical (unpaired) electrons. The van der Waals surface area contributed by atoms with Gasteiger partial charge in [-0.25, -0.2) is 13.2 Å². The summed E-state index contributed by atoms with van der Waals surface area (Å²) in [6, 6.07) is 8.05. The lowest BCUT2D eigenvalue weighted by Gasteiger charge is -2.11. The van der Waals surface area contributed by atoms with Crippen LogP contribution in [0.25, 0.3) is 0 Å². The molecule has 0 saturated carbocycles. The molecule has 104 valence electrons. The molecule has 0 aliphatic heterocycles. The average molecular weight is 279 g/mol. The molecule has 0 fully saturated rings. The molecule has 0 bridgehead atoms. The number of nitrogens with zero attached hydrogens (tertiary/aromatic N) is 3. The first-order valence-electron chi connectivity index (χ1n) is 5.81. The molecule has 0 N–H and O–H groups in total. The van der Waals surface area contributed by atoms with Crippen LogP contribution in [0.3, 0.4) is 0 Å². The summed E-state index contributed by atoms with van der Waals surface area (Å²) in [6.45, 7) is 0. The summed E-state index contributed by atoms with van der Waals surface area (Å²) in [5.74, 6) is -3.17. The molecule has 0 heterocycles. The number of rotatable bonds is 3. The monoisotopic (exact) mass is 279 g/mol. The van der Waals surface area contributed by atoms with Crippen molar-refractivity contribution < 1.29 is 13.2 Å². The second kappa shape index (κ2) is 5.73. The highest BCUT2D eigenvalue weighted by Gasteiger charge is 2.10. The second-order valence-electron chi connectivity index (χ2n) is 4.33. The molecule has 20 heavy (non-hydrogen) atoms. The third kappa shape index (κ3) is 3.14. The van der Waals surface area contributed by atoms with Crippen LogP contribution in [0.15, 0.2) is 46.6 Å². The first kappa shape index (κ1) is 14.0. The van der Waals surface area contributed by atoms with Crippen LogP contribution in [0, 0.1) is 17.5 Å². The van der Waals surface area contributed by atoms with Gasteiger partial charge in [0.2, 0.25) is 0 Å². The van der Waals surface area contributed by atoms with Crippen LogP contribution in [-0.4, -0.2) is 14.1 Å². The van der Waals surface area contributed by atoms with E-state index >= 15 is 0 Å². The lowest BCUT2D eigenvalue weighted by molar-refractivity contribution is 0.545. The van der Waals surface area contributed by atoms with Gasteiger partial charge >= 0.3 is 0 Å². The third-order valence-corrected chi connectivity index (χ3v) is 2.61. The third-order valence-electron chi connectivity index (χ3n) is 2.61. The number of benzene rings is 2. The van der Waals surface area contributed by atoms with E-state index in [0.29, 0.717) is 17.8 Å². The molecule has 0 aliphatic rings. The summed E-state index contributed by atoms with van der Waals surface area (Å²) in [4.78, 5) is 1.90. The minimum atomic E-state index is -1.09. The normalized spacial score (nSPS) is 11.1. The lowest BCUT2D eigenvalue weighted by atomic mass is 10.3. The van der Waals surface area contributed by atoms with Crippen molar-refractivity contribution >= 4 is 17.1 Å². The van der Waals surface area contributed by atoms with Crippen molar-refractivity contribution in [3.8, 4) is 0 Å². The fourth-order valence-electron chi connectivity index (χ4n) is 1.56. The van der Waals surface area contributed by atoms with Crippen LogP contribution < -0.4 is 4.90 Å². The van der Waals surface area contributed by atoms with Gasteiger partial charge in [-0.15, -0.1) is 5.11 Å². The number of azo groups is 1. The Labute approximate surface area is 114 Å². The molecular weight excluding hydrogens is 267 g/mol. The van der Waals surface area contributed by atoms with E-state index in [1.54, 1.807) is 24.3 Å². The maximum Gasteiger partial charge on any atom is 0.157 e. The topological polar surface area (TPSA) is 28.0 Å². The Bertz CT molecular complexity index is 614. The molecule has 3 nitrogen and oxygen atoms in total. The molecule has 0 spiro atoms. The second-order valence-corrected chi connectivity index (χ2v) is 4.33. The molecule has 0 aromatic heterocycles. The van der Waals surface area contributed by atoms with E-state index in [9.17, 15) is 13.2 Å². The van der Waals surface area contributed by atoms with Crippen molar-refractivity contribution in [1.82, 2.24) is 0 Å². The Balaban J connectivity index is 2.25. The quantitative estimate of drug-likeness (QED) is 0.755. The fourth-order valence-corrected chi connectivity index (χ4v) is 1.56. The maximum atomic E-state index is 13.3. The van der Waals surface area contributed by atoms with Crippen molar-refractivity contribution in [2.45, 2.75) is 0 Å². The molecule has 2 aromatic rings. The van der Waals surface area contributed by atoms with Crippen LogP contribution in [0.2, 0.25) is 0 Å². The van der Waals surface area contributed by atoms with Gasteiger partial charge in [0, 0.05) is 31.9 Å². The zero-order valence-corrected chi connectivity index (χ0v) is 10.9. The summed E-state index contributed by atoms with van der Waals surface area (Å²) in [6.07, 6.45) is 0. The minimum Gasteiger partial charge on any atom is -0.378 e. The zero-order valence-electron chi connectivity index (χ0n) is 10.9. The molecule has 0 unspecified atom stereocenters. The van der Waals surface area contributed by atoms with Crippen molar-refractivity contribution in [2.24, 2.45) is 10.2 Å². The maximum absolute atomic E-state index is 13.3. The van der Waals surface area contributed by atoms with E-state index in [1.807, 2.05) is 19.0 Å². The lowest BCUT2D eigenvalue weighted by Crippen LogP contribution is -2.07. The predicted molar refractivity (Wildman–Crippen MR) is 71.3 cm³/mol. The molecule has 0 amide bonds. The van der Waals surface area contributed by atoms with E-state index in [1.165, 1.54) is 0 Å². The Kier molecular flexibility index (Phi) is 4.02. The average Bonchev–Trinajstić information content (AvgIpc) is 2.38. The van der Waals surface area contributed by atoms with Gasteiger partial charge in [-0.1, -0.05) is 0 Å². The first-order chi connectivity index (χ1) is 9.47. The summed E-state index contributed by atoms with van der Waals surface area (Å²) in [5, 5.41) is 7.22. The predicted octanol–water partition coefficient (Wildman–Crippen LogP) is 4.59. The summed E-state index contributed by atoms with van der Waals surface area (Å²) in [5.41, 5.74) is 0.796. The Morgan fingerprint density at radius 1 is 0.850 bits per heavy atom. The van der Waals surface area contributed by atoms with Gasteiger partial charge in [0.25, 0.3) is 0 Å². The Hall–Kier alpha value is -2.37. The molecule has 6 heteroatoms. The summed E-state index contributed by atoms with van der Waals surface area (Å²) in [7, 11) is 3.78. The van der Waals surface area contributed by atoms with E-state index in [2.05, 4.69) is 10.2 Å². The van der Waals surface area contributed by atoms with Gasteiger partial charge in [-0.2, -0.15) is 5.11 Å². The molecule has 2 aromatic carbocycles. The largest absolute Gasteiger partial charge is 0.378 e. The highest BCUT2D eigenvalue weighted by Crippen LogP contribution is 2.26. The number of hydrogen-bond acceptors (Lipinski definition) is 3. The van der Waals surface area contributed by atoms with E-state index < -0.39 is 23.1 Å².